The Morgan fingerprint density at radius 1 is 1.04 bits per heavy atom. The van der Waals surface area contributed by atoms with Crippen LogP contribution < -0.4 is 21.3 Å². The normalized spacial score (nSPS) is 9.64. The first-order chi connectivity index (χ1) is 13.3. The molecular formula is C20H22N4O3S. The van der Waals surface area contributed by atoms with Gasteiger partial charge in [0.15, 0.2) is 5.11 Å². The van der Waals surface area contributed by atoms with Gasteiger partial charge in [-0.3, -0.25) is 0 Å². The Kier molecular flexibility index (Phi) is 7.41. The van der Waals surface area contributed by atoms with Crippen LogP contribution in [-0.4, -0.2) is 30.3 Å². The maximum atomic E-state index is 9.97. The molecule has 0 aliphatic carbocycles. The molecule has 8 heteroatoms. The van der Waals surface area contributed by atoms with Gasteiger partial charge in [-0.1, -0.05) is 6.07 Å². The lowest BCUT2D eigenvalue weighted by Crippen LogP contribution is -2.19. The third-order valence-corrected chi connectivity index (χ3v) is 3.73. The van der Waals surface area contributed by atoms with Gasteiger partial charge in [0.1, 0.15) is 0 Å². The van der Waals surface area contributed by atoms with Crippen molar-refractivity contribution in [2.45, 2.75) is 0 Å². The van der Waals surface area contributed by atoms with Crippen molar-refractivity contribution in [1.82, 2.24) is 0 Å². The van der Waals surface area contributed by atoms with E-state index in [0.29, 0.717) is 5.11 Å². The molecule has 146 valence electrons. The van der Waals surface area contributed by atoms with Gasteiger partial charge in [-0.15, -0.1) is 0 Å². The third kappa shape index (κ3) is 6.65. The van der Waals surface area contributed by atoms with E-state index in [0.717, 1.165) is 22.7 Å². The Morgan fingerprint density at radius 3 is 2.25 bits per heavy atom. The van der Waals surface area contributed by atoms with Gasteiger partial charge in [0.25, 0.3) is 0 Å². The summed E-state index contributed by atoms with van der Waals surface area (Å²) in [5.74, 6) is -1.06. The summed E-state index contributed by atoms with van der Waals surface area (Å²) in [6, 6.07) is 18.4. The lowest BCUT2D eigenvalue weighted by Gasteiger charge is -2.15. The molecule has 0 saturated heterocycles. The molecule has 7 nitrogen and oxygen atoms in total. The van der Waals surface area contributed by atoms with Crippen molar-refractivity contribution in [2.24, 2.45) is 0 Å². The van der Waals surface area contributed by atoms with Crippen molar-refractivity contribution in [3.05, 3.63) is 72.7 Å². The minimum absolute atomic E-state index is 0.0231. The molecule has 0 saturated carbocycles. The van der Waals surface area contributed by atoms with Crippen LogP contribution in [0.4, 0.5) is 22.7 Å². The quantitative estimate of drug-likeness (QED) is 0.384. The number of hydrogen-bond donors (Lipinski definition) is 4. The molecule has 0 radical (unpaired) electrons. The fourth-order valence-corrected chi connectivity index (χ4v) is 2.36. The van der Waals surface area contributed by atoms with Crippen LogP contribution >= 0.6 is 12.2 Å². The average molecular weight is 398 g/mol. The molecular weight excluding hydrogens is 376 g/mol. The van der Waals surface area contributed by atoms with Gasteiger partial charge < -0.3 is 30.8 Å². The van der Waals surface area contributed by atoms with Gasteiger partial charge in [0, 0.05) is 36.8 Å². The summed E-state index contributed by atoms with van der Waals surface area (Å²) in [6.45, 7) is 0. The Hall–Kier alpha value is -3.52. The number of nitrogens with zero attached hydrogens (tertiary/aromatic N) is 1. The molecule has 0 spiro atoms. The maximum Gasteiger partial charge on any atom is 0.371 e. The van der Waals surface area contributed by atoms with Crippen molar-refractivity contribution >= 4 is 46.0 Å². The molecule has 3 rings (SSSR count). The summed E-state index contributed by atoms with van der Waals surface area (Å²) in [4.78, 5) is 12.0. The molecule has 0 unspecified atom stereocenters. The Morgan fingerprint density at radius 2 is 1.71 bits per heavy atom. The highest BCUT2D eigenvalue weighted by Gasteiger charge is 2.02. The van der Waals surface area contributed by atoms with Gasteiger partial charge in [0.2, 0.25) is 5.76 Å². The third-order valence-electron chi connectivity index (χ3n) is 3.52. The first kappa shape index (κ1) is 20.8. The maximum absolute atomic E-state index is 9.97. The van der Waals surface area contributed by atoms with Gasteiger partial charge in [-0.25, -0.2) is 4.79 Å². The van der Waals surface area contributed by atoms with Crippen molar-refractivity contribution in [3.8, 4) is 0 Å². The summed E-state index contributed by atoms with van der Waals surface area (Å²) < 4.78 is 4.50. The van der Waals surface area contributed by atoms with E-state index in [2.05, 4.69) is 15.1 Å². The van der Waals surface area contributed by atoms with Crippen LogP contribution in [0.5, 0.6) is 0 Å². The second-order valence-corrected chi connectivity index (χ2v) is 6.34. The molecule has 0 aliphatic rings. The first-order valence-electron chi connectivity index (χ1n) is 8.33. The minimum atomic E-state index is -1.03. The Labute approximate surface area is 168 Å². The van der Waals surface area contributed by atoms with Crippen LogP contribution in [0.3, 0.4) is 0 Å². The molecule has 0 atom stereocenters. The number of carboxylic acid groups (broad SMARTS) is 1. The van der Waals surface area contributed by atoms with E-state index in [1.54, 1.807) is 0 Å². The van der Waals surface area contributed by atoms with Crippen LogP contribution in [0.2, 0.25) is 0 Å². The van der Waals surface area contributed by atoms with Crippen molar-refractivity contribution in [1.29, 1.82) is 0 Å². The number of carboxylic acids is 1. The van der Waals surface area contributed by atoms with E-state index in [1.807, 2.05) is 67.5 Å². The zero-order chi connectivity index (χ0) is 20.5. The number of hydrogen-bond acceptors (Lipinski definition) is 5. The Bertz CT molecular complexity index is 909. The summed E-state index contributed by atoms with van der Waals surface area (Å²) >= 11 is 5.29. The van der Waals surface area contributed by atoms with Gasteiger partial charge >= 0.3 is 5.97 Å². The van der Waals surface area contributed by atoms with Crippen LogP contribution in [0, 0.1) is 0 Å². The van der Waals surface area contributed by atoms with E-state index in [1.165, 1.54) is 18.4 Å². The van der Waals surface area contributed by atoms with Gasteiger partial charge in [-0.05, 0) is 66.8 Å². The average Bonchev–Trinajstić information content (AvgIpc) is 3.19. The van der Waals surface area contributed by atoms with Crippen LogP contribution in [0.15, 0.2) is 71.3 Å². The molecule has 1 aromatic heterocycles. The molecule has 0 amide bonds. The van der Waals surface area contributed by atoms with Crippen molar-refractivity contribution in [3.63, 3.8) is 0 Å². The number of nitrogens with two attached hydrogens (primary N) is 1. The highest BCUT2D eigenvalue weighted by molar-refractivity contribution is 7.80. The predicted molar refractivity (Wildman–Crippen MR) is 117 cm³/mol. The number of carbonyl (C=O) groups is 1. The zero-order valence-corrected chi connectivity index (χ0v) is 16.4. The number of aromatic carboxylic acids is 1. The molecule has 28 heavy (non-hydrogen) atoms. The van der Waals surface area contributed by atoms with Crippen molar-refractivity contribution in [2.75, 3.05) is 35.4 Å². The lowest BCUT2D eigenvalue weighted by atomic mass is 10.2. The second kappa shape index (κ2) is 9.98. The summed E-state index contributed by atoms with van der Waals surface area (Å²) in [6.07, 6.45) is 1.32. The lowest BCUT2D eigenvalue weighted by molar-refractivity contribution is 0.0662. The summed E-state index contributed by atoms with van der Waals surface area (Å²) in [7, 11) is 4.01. The minimum Gasteiger partial charge on any atom is -0.475 e. The second-order valence-electron chi connectivity index (χ2n) is 5.93. The van der Waals surface area contributed by atoms with Crippen LogP contribution in [-0.2, 0) is 0 Å². The summed E-state index contributed by atoms with van der Waals surface area (Å²) in [5, 5.41) is 15.0. The zero-order valence-electron chi connectivity index (χ0n) is 15.5. The fraction of sp³-hybridized carbons (Fsp3) is 0.100. The largest absolute Gasteiger partial charge is 0.475 e. The highest BCUT2D eigenvalue weighted by Crippen LogP contribution is 2.18. The van der Waals surface area contributed by atoms with Crippen LogP contribution in [0.1, 0.15) is 10.6 Å². The van der Waals surface area contributed by atoms with Crippen molar-refractivity contribution < 1.29 is 14.3 Å². The monoisotopic (exact) mass is 398 g/mol. The molecule has 0 fully saturated rings. The molecule has 1 heterocycles. The SMILES string of the molecule is CN(C)c1cccc(NC(=S)Nc2ccc(N)cc2)c1.O=C(O)c1ccco1. The van der Waals surface area contributed by atoms with E-state index in [-0.39, 0.29) is 5.76 Å². The summed E-state index contributed by atoms with van der Waals surface area (Å²) in [5.41, 5.74) is 9.34. The molecule has 3 aromatic rings. The van der Waals surface area contributed by atoms with E-state index in [9.17, 15) is 4.79 Å². The molecule has 5 N–H and O–H groups in total. The number of nitrogen functional groups attached to an aromatic ring is 1. The van der Waals surface area contributed by atoms with Gasteiger partial charge in [0.05, 0.1) is 6.26 Å². The number of benzene rings is 2. The number of rotatable bonds is 4. The fourth-order valence-electron chi connectivity index (χ4n) is 2.12. The van der Waals surface area contributed by atoms with E-state index >= 15 is 0 Å². The first-order valence-corrected chi connectivity index (χ1v) is 8.73. The van der Waals surface area contributed by atoms with E-state index in [4.69, 9.17) is 23.1 Å². The van der Waals surface area contributed by atoms with Crippen LogP contribution in [0.25, 0.3) is 0 Å². The number of thiocarbonyl (C=S) groups is 1. The predicted octanol–water partition coefficient (Wildman–Crippen LogP) is 4.12. The molecule has 0 bridgehead atoms. The topological polar surface area (TPSA) is 104 Å². The Balaban J connectivity index is 0.000000292. The number of anilines is 4. The smallest absolute Gasteiger partial charge is 0.371 e. The molecule has 0 aliphatic heterocycles. The number of nitrogens with one attached hydrogen (secondary N) is 2. The molecule has 2 aromatic carbocycles. The highest BCUT2D eigenvalue weighted by atomic mass is 32.1. The standard InChI is InChI=1S/C15H18N4S.C5H4O3/c1-19(2)14-5-3-4-13(10-14)18-15(20)17-12-8-6-11(16)7-9-12;6-5(7)4-2-1-3-8-4/h3-10H,16H2,1-2H3,(H2,17,18,20);1-3H,(H,6,7). The van der Waals surface area contributed by atoms with Gasteiger partial charge in [-0.2, -0.15) is 0 Å². The number of furan rings is 1. The van der Waals surface area contributed by atoms with E-state index < -0.39 is 5.97 Å².